The summed E-state index contributed by atoms with van der Waals surface area (Å²) >= 11 is 8.87. The standard InChI is InChI=1S/C86H124N24O21S2/c1-46(2)33-64(80(126)104-60(36-50-22-24-53(112)25-23-50)83(129)110-31-13-20-62(110)79(125)105-61(44-132)78(124)103-59(38-66(89)114)74(120)96-42-69(117)109-30-14-21-63(109)84(130)131)108-32-28-51(43-108)98-67(115)40-94-73(119)56(34-48-15-8-6-9-16-48)101-76(122)58(37-52-39-92-45-97-52)99-68(116)41-95-81(127)70(47(3)111)106-82(128)71(86(4,5)133)107-77(123)57(35-49-17-10-7-11-18-49)102-75(121)55(19-12-29-93-85(90)91)100-72(118)54(87)26-27-65(88)113/h6-11,15-18,22-25,39,45-47,51,54-64,70-71,111-112,132-133H,12-14,19-21,26-38,40-44,87H2,1-5H3,(H2,88,113)(H2,89,114)(H,92,97)(H,94,119)(H,95,127)(H,96,120)(H,98,115)(H,99,116)(H,100,118)(H,101,122)(H,102,121)(H,103,124)(H,104,126)(H,105,125)(H,106,128)(H,107,123)(H,130,131)(H4,90,91,93)/t47-,51-,54+,55+,56+,57+,58+,59+,60+,61+,62+,63+,64+,70+,71-/m1/s1. The number of nitrogens with two attached hydrogens (primary N) is 4. The van der Waals surface area contributed by atoms with Crippen molar-refractivity contribution in [3.05, 3.63) is 120 Å². The molecule has 1 aromatic heterocycles. The van der Waals surface area contributed by atoms with Crippen molar-refractivity contribution in [1.29, 1.82) is 5.41 Å². The Balaban J connectivity index is 0.976. The highest BCUT2D eigenvalue weighted by Crippen LogP contribution is 2.26. The average molecular weight is 1890 g/mol. The number of primary amides is 2. The molecule has 3 aromatic carbocycles. The highest BCUT2D eigenvalue weighted by atomic mass is 32.1. The Bertz CT molecular complexity index is 4730. The summed E-state index contributed by atoms with van der Waals surface area (Å²) in [7, 11) is 0. The molecule has 0 saturated carbocycles. The summed E-state index contributed by atoms with van der Waals surface area (Å²) in [5.74, 6) is -16.8. The number of rotatable bonds is 52. The van der Waals surface area contributed by atoms with Crippen molar-refractivity contribution < 1.29 is 102 Å². The highest BCUT2D eigenvalue weighted by Gasteiger charge is 2.44. The maximum Gasteiger partial charge on any atom is 0.326 e. The molecule has 17 amide bonds. The number of thiol groups is 2. The second-order valence-corrected chi connectivity index (χ2v) is 35.4. The summed E-state index contributed by atoms with van der Waals surface area (Å²) in [6.07, 6.45) is 0.885. The fourth-order valence-electron chi connectivity index (χ4n) is 15.3. The zero-order valence-electron chi connectivity index (χ0n) is 74.6. The molecule has 3 saturated heterocycles. The van der Waals surface area contributed by atoms with Gasteiger partial charge in [-0.1, -0.05) is 86.6 Å². The van der Waals surface area contributed by atoms with Gasteiger partial charge < -0.3 is 127 Å². The van der Waals surface area contributed by atoms with Gasteiger partial charge in [-0.2, -0.15) is 25.3 Å². The number of H-pyrrole nitrogens is 1. The van der Waals surface area contributed by atoms with Gasteiger partial charge in [0, 0.05) is 93.3 Å². The number of amides is 17. The SMILES string of the molecule is CC(C)C[C@@H](C(=O)N[C@@H](Cc1ccc(O)cc1)C(=O)N1CCC[C@H]1C(=O)N[C@@H](CS)C(=O)N[C@@H](CC(N)=O)C(=O)NCC(=O)N1CCC[C@H]1C(=O)O)N1CC[C@@H](NC(=O)CNC(=O)[C@H](Cc2ccccc2)NC(=O)[C@H](Cc2cnc[nH]2)NC(=O)CNC(=O)[C@@H](NC(=O)[C@@H](NC(=O)[C@H](Cc2ccccc2)NC(=O)[C@H](CCCNC(=N)N)NC(=O)[C@@H](N)CCC(N)=O)C(C)(C)S)[C@@H](C)O)C1. The van der Waals surface area contributed by atoms with E-state index in [9.17, 15) is 96.8 Å². The van der Waals surface area contributed by atoms with Crippen LogP contribution >= 0.6 is 25.3 Å². The third kappa shape index (κ3) is 34.9. The van der Waals surface area contributed by atoms with E-state index >= 15 is 4.79 Å². The zero-order chi connectivity index (χ0) is 97.9. The van der Waals surface area contributed by atoms with Crippen LogP contribution in [0.5, 0.6) is 5.75 Å². The van der Waals surface area contributed by atoms with Gasteiger partial charge in [-0.25, -0.2) is 9.78 Å². The molecule has 3 fully saturated rings. The molecule has 133 heavy (non-hydrogen) atoms. The summed E-state index contributed by atoms with van der Waals surface area (Å²) in [6, 6.07) is 4.05. The number of hydrogen-bond donors (Lipinski definition) is 25. The molecular weight excluding hydrogens is 1770 g/mol. The lowest BCUT2D eigenvalue weighted by Crippen LogP contribution is -2.64. The summed E-state index contributed by atoms with van der Waals surface area (Å²) < 4.78 is -1.47. The van der Waals surface area contributed by atoms with Crippen molar-refractivity contribution in [2.75, 3.05) is 58.1 Å². The molecule has 726 valence electrons. The fraction of sp³-hybridized carbons (Fsp3) is 0.535. The molecule has 27 N–H and O–H groups in total. The summed E-state index contributed by atoms with van der Waals surface area (Å²) in [5.41, 5.74) is 24.1. The smallest absolute Gasteiger partial charge is 0.326 e. The maximum absolute atomic E-state index is 15.0. The molecule has 0 radical (unpaired) electrons. The van der Waals surface area contributed by atoms with E-state index in [4.69, 9.17) is 28.3 Å². The second-order valence-electron chi connectivity index (χ2n) is 33.9. The number of benzene rings is 3. The van der Waals surface area contributed by atoms with Gasteiger partial charge in [-0.05, 0) is 113 Å². The van der Waals surface area contributed by atoms with Gasteiger partial charge in [0.15, 0.2) is 5.96 Å². The van der Waals surface area contributed by atoms with Gasteiger partial charge in [-0.3, -0.25) is 91.8 Å². The molecule has 47 heteroatoms. The number of aliphatic hydroxyl groups is 1. The van der Waals surface area contributed by atoms with Crippen molar-refractivity contribution in [3.8, 4) is 5.75 Å². The van der Waals surface area contributed by atoms with Crippen LogP contribution in [0, 0.1) is 11.3 Å². The van der Waals surface area contributed by atoms with Crippen molar-refractivity contribution in [2.24, 2.45) is 28.9 Å². The minimum atomic E-state index is -1.83. The van der Waals surface area contributed by atoms with E-state index in [0.717, 1.165) is 11.8 Å². The Morgan fingerprint density at radius 2 is 1.09 bits per heavy atom. The molecular formula is C86H124N24O21S2. The Labute approximate surface area is 778 Å². The molecule has 0 spiro atoms. The Morgan fingerprint density at radius 3 is 1.67 bits per heavy atom. The third-order valence-electron chi connectivity index (χ3n) is 22.3. The predicted octanol–water partition coefficient (Wildman–Crippen LogP) is -6.48. The number of aliphatic hydroxyl groups excluding tert-OH is 1. The Hall–Kier alpha value is -13.0. The van der Waals surface area contributed by atoms with E-state index in [2.05, 4.69) is 110 Å². The van der Waals surface area contributed by atoms with Gasteiger partial charge in [-0.15, -0.1) is 0 Å². The Kier molecular flexibility index (Phi) is 42.1. The first-order chi connectivity index (χ1) is 63.0. The molecule has 0 bridgehead atoms. The van der Waals surface area contributed by atoms with Crippen LogP contribution in [-0.2, 0) is 112 Å². The highest BCUT2D eigenvalue weighted by molar-refractivity contribution is 7.81. The van der Waals surface area contributed by atoms with E-state index in [-0.39, 0.29) is 127 Å². The number of likely N-dealkylation sites (tertiary alicyclic amines) is 3. The van der Waals surface area contributed by atoms with Crippen molar-refractivity contribution in [3.63, 3.8) is 0 Å². The van der Waals surface area contributed by atoms with Crippen molar-refractivity contribution in [2.45, 2.75) is 226 Å². The number of aromatic amines is 1. The summed E-state index contributed by atoms with van der Waals surface area (Å²) in [4.78, 5) is 258. The number of carboxylic acids is 1. The number of nitrogens with one attached hydrogen (secondary N) is 16. The molecule has 4 aromatic rings. The minimum absolute atomic E-state index is 0.0371. The quantitative estimate of drug-likeness (QED) is 0.00846. The monoisotopic (exact) mass is 1890 g/mol. The molecule has 7 rings (SSSR count). The number of hydrogen-bond acceptors (Lipinski definition) is 26. The van der Waals surface area contributed by atoms with Crippen LogP contribution in [0.15, 0.2) is 97.5 Å². The lowest BCUT2D eigenvalue weighted by atomic mass is 9.99. The molecule has 45 nitrogen and oxygen atoms in total. The molecule has 0 unspecified atom stereocenters. The number of aromatic nitrogens is 2. The Morgan fingerprint density at radius 1 is 0.556 bits per heavy atom. The number of guanidine groups is 1. The fourth-order valence-corrected chi connectivity index (χ4v) is 15.7. The number of aliphatic carboxylic acids is 1. The molecule has 3 aliphatic heterocycles. The van der Waals surface area contributed by atoms with Crippen LogP contribution in [0.25, 0.3) is 0 Å². The molecule has 0 aliphatic carbocycles. The summed E-state index contributed by atoms with van der Waals surface area (Å²) in [6.45, 7) is 6.33. The van der Waals surface area contributed by atoms with Gasteiger partial charge >= 0.3 is 5.97 Å². The molecule has 4 heterocycles. The van der Waals surface area contributed by atoms with Crippen LogP contribution in [0.2, 0.25) is 0 Å². The number of carboxylic acid groups (broad SMARTS) is 1. The first-order valence-corrected chi connectivity index (χ1v) is 44.7. The lowest BCUT2D eigenvalue weighted by Gasteiger charge is -2.33. The first-order valence-electron chi connectivity index (χ1n) is 43.6. The number of carbonyl (C=O) groups is 18. The number of nitrogens with zero attached hydrogens (tertiary/aromatic N) is 4. The minimum Gasteiger partial charge on any atom is -0.508 e. The van der Waals surface area contributed by atoms with Gasteiger partial charge in [0.2, 0.25) is 100 Å². The number of phenols is 1. The van der Waals surface area contributed by atoms with Crippen LogP contribution in [0.1, 0.15) is 128 Å². The van der Waals surface area contributed by atoms with E-state index in [1.54, 1.807) is 72.8 Å². The predicted molar refractivity (Wildman–Crippen MR) is 487 cm³/mol. The van der Waals surface area contributed by atoms with Crippen LogP contribution in [0.3, 0.4) is 0 Å². The third-order valence-corrected chi connectivity index (χ3v) is 22.9. The second kappa shape index (κ2) is 52.3. The first kappa shape index (κ1) is 107. The van der Waals surface area contributed by atoms with Crippen molar-refractivity contribution >= 4 is 138 Å². The largest absolute Gasteiger partial charge is 0.508 e. The van der Waals surface area contributed by atoms with Gasteiger partial charge in [0.25, 0.3) is 0 Å². The molecule has 15 atom stereocenters. The molecule has 3 aliphatic rings. The maximum atomic E-state index is 15.0. The number of carbonyl (C=O) groups excluding carboxylic acids is 17. The van der Waals surface area contributed by atoms with E-state index < -0.39 is 228 Å². The topological polar surface area (TPSA) is 703 Å². The number of imidazole rings is 1. The normalized spacial score (nSPS) is 17.5. The van der Waals surface area contributed by atoms with Crippen molar-refractivity contribution in [1.82, 2.24) is 99.1 Å². The summed E-state index contributed by atoms with van der Waals surface area (Å²) in [5, 5.41) is 74.4. The van der Waals surface area contributed by atoms with Crippen LogP contribution < -0.4 is 97.4 Å². The van der Waals surface area contributed by atoms with Gasteiger partial charge in [0.05, 0.1) is 50.6 Å². The van der Waals surface area contributed by atoms with E-state index in [1.807, 2.05) is 18.7 Å². The van der Waals surface area contributed by atoms with Gasteiger partial charge in [0.1, 0.15) is 72.2 Å². The van der Waals surface area contributed by atoms with E-state index in [1.165, 1.54) is 43.4 Å². The number of aromatic hydroxyl groups is 1. The van der Waals surface area contributed by atoms with E-state index in [0.29, 0.717) is 41.6 Å². The lowest BCUT2D eigenvalue weighted by molar-refractivity contribution is -0.148. The number of phenolic OH excluding ortho intramolecular Hbond substituents is 1. The van der Waals surface area contributed by atoms with Crippen LogP contribution in [-0.4, -0.2) is 306 Å². The zero-order valence-corrected chi connectivity index (χ0v) is 76.4. The van der Waals surface area contributed by atoms with Crippen LogP contribution in [0.4, 0.5) is 0 Å². The average Bonchev–Trinajstić information content (AvgIpc) is 1.73.